The highest BCUT2D eigenvalue weighted by Gasteiger charge is 2.35. The van der Waals surface area contributed by atoms with E-state index in [-0.39, 0.29) is 0 Å². The summed E-state index contributed by atoms with van der Waals surface area (Å²) in [5.74, 6) is 3.90. The zero-order valence-corrected chi connectivity index (χ0v) is 14.8. The van der Waals surface area contributed by atoms with Crippen molar-refractivity contribution in [2.24, 2.45) is 23.7 Å². The maximum Gasteiger partial charge on any atom is 0.0176 e. The highest BCUT2D eigenvalue weighted by Crippen LogP contribution is 2.41. The van der Waals surface area contributed by atoms with Gasteiger partial charge in [0.2, 0.25) is 0 Å². The van der Waals surface area contributed by atoms with Crippen molar-refractivity contribution in [3.05, 3.63) is 0 Å². The van der Waals surface area contributed by atoms with Crippen LogP contribution in [0.15, 0.2) is 0 Å². The maximum absolute atomic E-state index is 3.53. The first kappa shape index (κ1) is 16.3. The van der Waals surface area contributed by atoms with Gasteiger partial charge in [-0.1, -0.05) is 38.5 Å². The SMILES string of the molecule is C1CCC2CCCCC2C2CCN(C2)NNN2CCCC(C1)C2. The van der Waals surface area contributed by atoms with Crippen molar-refractivity contribution in [2.75, 3.05) is 26.2 Å². The zero-order chi connectivity index (χ0) is 15.5. The average Bonchev–Trinajstić information content (AvgIpc) is 3.06. The lowest BCUT2D eigenvalue weighted by atomic mass is 9.70. The number of fused-ring (bicyclic) bond motifs is 6. The molecule has 4 bridgehead atoms. The molecule has 132 valence electrons. The fourth-order valence-corrected chi connectivity index (χ4v) is 5.84. The van der Waals surface area contributed by atoms with Crippen LogP contribution in [0.1, 0.15) is 70.6 Å². The lowest BCUT2D eigenvalue weighted by Crippen LogP contribution is -2.56. The third-order valence-electron chi connectivity index (χ3n) is 7.12. The molecule has 0 aromatic carbocycles. The van der Waals surface area contributed by atoms with Crippen molar-refractivity contribution in [1.29, 1.82) is 0 Å². The van der Waals surface area contributed by atoms with Crippen LogP contribution in [-0.4, -0.2) is 36.2 Å². The summed E-state index contributed by atoms with van der Waals surface area (Å²) in [4.78, 5) is 0. The number of nitrogens with one attached hydrogen (secondary N) is 2. The maximum atomic E-state index is 3.53. The van der Waals surface area contributed by atoms with Crippen molar-refractivity contribution in [2.45, 2.75) is 70.6 Å². The Bertz CT molecular complexity index is 372. The molecule has 3 heterocycles. The Kier molecular flexibility index (Phi) is 5.54. The quantitative estimate of drug-likeness (QED) is 0.717. The van der Waals surface area contributed by atoms with Gasteiger partial charge in [0.25, 0.3) is 0 Å². The fourth-order valence-electron chi connectivity index (χ4n) is 5.84. The van der Waals surface area contributed by atoms with Crippen LogP contribution in [0.25, 0.3) is 0 Å². The lowest BCUT2D eigenvalue weighted by molar-refractivity contribution is 0.0247. The van der Waals surface area contributed by atoms with E-state index >= 15 is 0 Å². The van der Waals surface area contributed by atoms with Crippen molar-refractivity contribution in [1.82, 2.24) is 21.1 Å². The Morgan fingerprint density at radius 2 is 1.26 bits per heavy atom. The van der Waals surface area contributed by atoms with Gasteiger partial charge in [-0.3, -0.25) is 0 Å². The van der Waals surface area contributed by atoms with Gasteiger partial charge in [0.1, 0.15) is 0 Å². The smallest absolute Gasteiger partial charge is 0.0176 e. The molecule has 4 heteroatoms. The van der Waals surface area contributed by atoms with Crippen LogP contribution in [0.2, 0.25) is 0 Å². The predicted octanol–water partition coefficient (Wildman–Crippen LogP) is 3.32. The molecule has 6 unspecified atom stereocenters. The van der Waals surface area contributed by atoms with Gasteiger partial charge in [-0.25, -0.2) is 10.0 Å². The van der Waals surface area contributed by atoms with Crippen LogP contribution >= 0.6 is 0 Å². The Morgan fingerprint density at radius 1 is 0.565 bits per heavy atom. The first-order valence-electron chi connectivity index (χ1n) is 10.4. The fraction of sp³-hybridized carbons (Fsp3) is 1.00. The molecule has 4 rings (SSSR count). The number of rotatable bonds is 0. The molecule has 6 atom stereocenters. The van der Waals surface area contributed by atoms with E-state index < -0.39 is 0 Å². The van der Waals surface area contributed by atoms with E-state index in [1.807, 2.05) is 0 Å². The van der Waals surface area contributed by atoms with Gasteiger partial charge in [0.15, 0.2) is 0 Å². The Hall–Kier alpha value is -0.160. The summed E-state index contributed by atoms with van der Waals surface area (Å²) in [5.41, 5.74) is 7.04. The van der Waals surface area contributed by atoms with E-state index in [2.05, 4.69) is 21.1 Å². The van der Waals surface area contributed by atoms with E-state index in [9.17, 15) is 0 Å². The summed E-state index contributed by atoms with van der Waals surface area (Å²) in [6, 6.07) is 0. The molecule has 1 saturated carbocycles. The Balaban J connectivity index is 1.41. The monoisotopic (exact) mass is 320 g/mol. The van der Waals surface area contributed by atoms with E-state index in [1.54, 1.807) is 0 Å². The molecule has 1 aliphatic carbocycles. The second-order valence-electron chi connectivity index (χ2n) is 8.67. The molecule has 0 radical (unpaired) electrons. The molecule has 4 fully saturated rings. The average molecular weight is 321 g/mol. The number of piperidine rings is 1. The molecule has 3 saturated heterocycles. The minimum atomic E-state index is 0.912. The van der Waals surface area contributed by atoms with Crippen LogP contribution in [-0.2, 0) is 0 Å². The molecule has 3 aliphatic heterocycles. The molecule has 0 spiro atoms. The van der Waals surface area contributed by atoms with Crippen LogP contribution in [0, 0.1) is 23.7 Å². The number of hydrogen-bond donors (Lipinski definition) is 2. The molecule has 2 N–H and O–H groups in total. The standard InChI is InChI=1S/C19H36N4/c1-2-8-17-9-3-4-10-19(17)18-11-13-23(15-18)21-20-22-12-5-7-16(6-1)14-22/h16-21H,1-15H2. The second-order valence-corrected chi connectivity index (χ2v) is 8.67. The minimum Gasteiger partial charge on any atom is -0.229 e. The molecule has 0 aromatic heterocycles. The summed E-state index contributed by atoms with van der Waals surface area (Å²) in [7, 11) is 0. The second kappa shape index (κ2) is 7.81. The minimum absolute atomic E-state index is 0.912. The highest BCUT2D eigenvalue weighted by atomic mass is 15.8. The van der Waals surface area contributed by atoms with Gasteiger partial charge >= 0.3 is 0 Å². The summed E-state index contributed by atoms with van der Waals surface area (Å²) < 4.78 is 0. The molecule has 4 aliphatic rings. The van der Waals surface area contributed by atoms with Gasteiger partial charge in [-0.05, 0) is 55.8 Å². The summed E-state index contributed by atoms with van der Waals surface area (Å²) in [5, 5.41) is 4.88. The van der Waals surface area contributed by atoms with E-state index in [4.69, 9.17) is 0 Å². The van der Waals surface area contributed by atoms with Crippen molar-refractivity contribution in [3.63, 3.8) is 0 Å². The summed E-state index contributed by atoms with van der Waals surface area (Å²) >= 11 is 0. The van der Waals surface area contributed by atoms with Gasteiger partial charge in [0.05, 0.1) is 0 Å². The van der Waals surface area contributed by atoms with E-state index in [1.165, 1.54) is 96.8 Å². The van der Waals surface area contributed by atoms with Crippen LogP contribution in [0.4, 0.5) is 0 Å². The van der Waals surface area contributed by atoms with Gasteiger partial charge in [0, 0.05) is 26.2 Å². The molecule has 23 heavy (non-hydrogen) atoms. The van der Waals surface area contributed by atoms with Crippen molar-refractivity contribution < 1.29 is 0 Å². The predicted molar refractivity (Wildman–Crippen MR) is 94.2 cm³/mol. The molecular weight excluding hydrogens is 284 g/mol. The van der Waals surface area contributed by atoms with Gasteiger partial charge in [-0.2, -0.15) is 11.1 Å². The number of nitrogens with zero attached hydrogens (tertiary/aromatic N) is 2. The van der Waals surface area contributed by atoms with Crippen molar-refractivity contribution >= 4 is 0 Å². The van der Waals surface area contributed by atoms with Crippen LogP contribution < -0.4 is 11.1 Å². The van der Waals surface area contributed by atoms with E-state index in [0.717, 1.165) is 23.7 Å². The highest BCUT2D eigenvalue weighted by molar-refractivity contribution is 4.86. The Morgan fingerprint density at radius 3 is 2.13 bits per heavy atom. The van der Waals surface area contributed by atoms with E-state index in [0.29, 0.717) is 0 Å². The first-order valence-corrected chi connectivity index (χ1v) is 10.4. The lowest BCUT2D eigenvalue weighted by Gasteiger charge is -2.37. The number of hydrogen-bond acceptors (Lipinski definition) is 4. The molecule has 4 nitrogen and oxygen atoms in total. The van der Waals surface area contributed by atoms with Gasteiger partial charge < -0.3 is 0 Å². The summed E-state index contributed by atoms with van der Waals surface area (Å²) in [6.07, 6.45) is 16.1. The molecule has 0 amide bonds. The normalized spacial score (nSPS) is 45.9. The molecule has 0 aromatic rings. The first-order chi connectivity index (χ1) is 11.4. The molecular formula is C19H36N4. The van der Waals surface area contributed by atoms with Gasteiger partial charge in [-0.15, -0.1) is 0 Å². The third kappa shape index (κ3) is 4.09. The van der Waals surface area contributed by atoms with Crippen LogP contribution in [0.3, 0.4) is 0 Å². The Labute approximate surface area is 142 Å². The zero-order valence-electron chi connectivity index (χ0n) is 14.8. The van der Waals surface area contributed by atoms with Crippen LogP contribution in [0.5, 0.6) is 0 Å². The topological polar surface area (TPSA) is 30.5 Å². The number of hydrazine groups is 3. The third-order valence-corrected chi connectivity index (χ3v) is 7.12. The van der Waals surface area contributed by atoms with Crippen molar-refractivity contribution in [3.8, 4) is 0 Å². The largest absolute Gasteiger partial charge is 0.229 e. The summed E-state index contributed by atoms with van der Waals surface area (Å²) in [6.45, 7) is 4.91.